The second-order valence-electron chi connectivity index (χ2n) is 5.72. The number of amidine groups is 1. The number of aliphatic hydroxyl groups is 1. The predicted octanol–water partition coefficient (Wildman–Crippen LogP) is 1.58. The zero-order valence-corrected chi connectivity index (χ0v) is 14.1. The van der Waals surface area contributed by atoms with E-state index in [1.807, 2.05) is 37.3 Å². The van der Waals surface area contributed by atoms with E-state index >= 15 is 0 Å². The Morgan fingerprint density at radius 1 is 1.26 bits per heavy atom. The largest absolute Gasteiger partial charge is 0.395 e. The molecule has 1 saturated heterocycles. The van der Waals surface area contributed by atoms with Crippen LogP contribution in [-0.4, -0.2) is 65.3 Å². The van der Waals surface area contributed by atoms with Crippen molar-refractivity contribution >= 4 is 28.9 Å². The molecule has 0 unspecified atom stereocenters. The molecule has 1 fully saturated rings. The fourth-order valence-corrected chi connectivity index (χ4v) is 3.68. The molecule has 0 bridgehead atoms. The lowest BCUT2D eigenvalue weighted by atomic mass is 10.1. The number of hydrogen-bond donors (Lipinski definition) is 1. The van der Waals surface area contributed by atoms with E-state index in [1.54, 1.807) is 0 Å². The number of piperazine rings is 1. The van der Waals surface area contributed by atoms with E-state index < -0.39 is 0 Å². The first-order valence-corrected chi connectivity index (χ1v) is 8.65. The number of aliphatic imine (C=N–C) groups is 1. The molecule has 3 rings (SSSR count). The fraction of sp³-hybridized carbons (Fsp3) is 0.412. The molecule has 2 aliphatic rings. The minimum absolute atomic E-state index is 0.147. The summed E-state index contributed by atoms with van der Waals surface area (Å²) in [6, 6.07) is 8.03. The van der Waals surface area contributed by atoms with E-state index in [4.69, 9.17) is 5.11 Å². The molecule has 1 N–H and O–H groups in total. The van der Waals surface area contributed by atoms with Crippen LogP contribution < -0.4 is 0 Å². The quantitative estimate of drug-likeness (QED) is 0.852. The molecule has 2 heterocycles. The first kappa shape index (κ1) is 16.2. The summed E-state index contributed by atoms with van der Waals surface area (Å²) in [5.41, 5.74) is 2.21. The average molecular weight is 331 g/mol. The number of benzene rings is 1. The maximum atomic E-state index is 12.2. The van der Waals surface area contributed by atoms with Gasteiger partial charge in [-0.2, -0.15) is 4.99 Å². The van der Waals surface area contributed by atoms with Gasteiger partial charge in [0.25, 0.3) is 5.91 Å². The van der Waals surface area contributed by atoms with Crippen LogP contribution in [0.4, 0.5) is 0 Å². The molecule has 1 aromatic rings. The summed E-state index contributed by atoms with van der Waals surface area (Å²) in [7, 11) is 0. The molecule has 23 heavy (non-hydrogen) atoms. The van der Waals surface area contributed by atoms with Gasteiger partial charge in [0, 0.05) is 32.7 Å². The summed E-state index contributed by atoms with van der Waals surface area (Å²) in [5.74, 6) is -0.147. The van der Waals surface area contributed by atoms with Crippen LogP contribution in [0.25, 0.3) is 6.08 Å². The Bertz CT molecular complexity index is 649. The minimum atomic E-state index is -0.147. The molecule has 122 valence electrons. The maximum Gasteiger partial charge on any atom is 0.286 e. The molecule has 0 saturated carbocycles. The van der Waals surface area contributed by atoms with Crippen LogP contribution in [0.5, 0.6) is 0 Å². The second kappa shape index (κ2) is 7.29. The number of aryl methyl sites for hydroxylation is 1. The van der Waals surface area contributed by atoms with Crippen LogP contribution in [0.15, 0.2) is 34.2 Å². The zero-order valence-electron chi connectivity index (χ0n) is 13.2. The van der Waals surface area contributed by atoms with Crippen LogP contribution in [0.3, 0.4) is 0 Å². The van der Waals surface area contributed by atoms with Crippen molar-refractivity contribution in [2.75, 3.05) is 39.3 Å². The predicted molar refractivity (Wildman–Crippen MR) is 94.3 cm³/mol. The van der Waals surface area contributed by atoms with Crippen molar-refractivity contribution < 1.29 is 9.90 Å². The van der Waals surface area contributed by atoms with Gasteiger partial charge in [-0.3, -0.25) is 9.69 Å². The van der Waals surface area contributed by atoms with Gasteiger partial charge in [-0.1, -0.05) is 24.3 Å². The Hall–Kier alpha value is -1.63. The van der Waals surface area contributed by atoms with Crippen LogP contribution in [0.2, 0.25) is 0 Å². The molecular weight excluding hydrogens is 310 g/mol. The first-order valence-electron chi connectivity index (χ1n) is 7.84. The molecule has 1 amide bonds. The third kappa shape index (κ3) is 3.83. The fourth-order valence-electron chi connectivity index (χ4n) is 2.73. The van der Waals surface area contributed by atoms with Crippen molar-refractivity contribution in [1.82, 2.24) is 9.80 Å². The number of nitrogens with zero attached hydrogens (tertiary/aromatic N) is 3. The van der Waals surface area contributed by atoms with Crippen molar-refractivity contribution in [2.45, 2.75) is 6.92 Å². The Labute approximate surface area is 140 Å². The van der Waals surface area contributed by atoms with Gasteiger partial charge in [-0.15, -0.1) is 0 Å². The van der Waals surface area contributed by atoms with Crippen LogP contribution >= 0.6 is 11.8 Å². The number of amides is 1. The van der Waals surface area contributed by atoms with E-state index in [9.17, 15) is 4.79 Å². The SMILES string of the molecule is Cc1ccccc1/C=C1/SC(N2CCN(CCO)CC2)=NC1=O. The Morgan fingerprint density at radius 3 is 2.70 bits per heavy atom. The van der Waals surface area contributed by atoms with Gasteiger partial charge in [0.05, 0.1) is 11.5 Å². The van der Waals surface area contributed by atoms with E-state index in [1.165, 1.54) is 11.8 Å². The summed E-state index contributed by atoms with van der Waals surface area (Å²) in [6.45, 7) is 6.42. The first-order chi connectivity index (χ1) is 11.2. The number of carbonyl (C=O) groups is 1. The van der Waals surface area contributed by atoms with E-state index in [0.29, 0.717) is 11.4 Å². The van der Waals surface area contributed by atoms with Crippen LogP contribution in [-0.2, 0) is 4.79 Å². The van der Waals surface area contributed by atoms with Gasteiger partial charge in [0.2, 0.25) is 0 Å². The number of carbonyl (C=O) groups excluding carboxylic acids is 1. The van der Waals surface area contributed by atoms with Crippen LogP contribution in [0.1, 0.15) is 11.1 Å². The summed E-state index contributed by atoms with van der Waals surface area (Å²) in [4.78, 5) is 21.5. The average Bonchev–Trinajstić information content (AvgIpc) is 2.92. The lowest BCUT2D eigenvalue weighted by Crippen LogP contribution is -2.48. The molecule has 5 nitrogen and oxygen atoms in total. The van der Waals surface area contributed by atoms with Crippen LogP contribution in [0, 0.1) is 6.92 Å². The highest BCUT2D eigenvalue weighted by Gasteiger charge is 2.28. The number of β-amino-alcohol motifs (C(OH)–C–C–N with tert-alkyl or cyclic N) is 1. The standard InChI is InChI=1S/C17H21N3O2S/c1-13-4-2-3-5-14(13)12-15-16(22)18-17(23-15)20-8-6-19(7-9-20)10-11-21/h2-5,12,21H,6-11H2,1H3/b15-12+. The Morgan fingerprint density at radius 2 is 2.00 bits per heavy atom. The van der Waals surface area contributed by atoms with Gasteiger partial charge < -0.3 is 10.0 Å². The van der Waals surface area contributed by atoms with Crippen molar-refractivity contribution in [3.63, 3.8) is 0 Å². The molecule has 6 heteroatoms. The maximum absolute atomic E-state index is 12.2. The van der Waals surface area contributed by atoms with Gasteiger partial charge >= 0.3 is 0 Å². The molecule has 0 atom stereocenters. The van der Waals surface area contributed by atoms with E-state index in [0.717, 1.165) is 42.5 Å². The second-order valence-corrected chi connectivity index (χ2v) is 6.73. The van der Waals surface area contributed by atoms with E-state index in [-0.39, 0.29) is 12.5 Å². The molecular formula is C17H21N3O2S. The van der Waals surface area contributed by atoms with Gasteiger partial charge in [-0.25, -0.2) is 0 Å². The van der Waals surface area contributed by atoms with E-state index in [2.05, 4.69) is 14.8 Å². The highest BCUT2D eigenvalue weighted by Crippen LogP contribution is 2.31. The minimum Gasteiger partial charge on any atom is -0.395 e. The Kier molecular flexibility index (Phi) is 5.15. The molecule has 1 aromatic carbocycles. The molecule has 0 aromatic heterocycles. The third-order valence-corrected chi connectivity index (χ3v) is 5.19. The van der Waals surface area contributed by atoms with Crippen molar-refractivity contribution in [3.05, 3.63) is 40.3 Å². The van der Waals surface area contributed by atoms with Gasteiger partial charge in [-0.05, 0) is 35.9 Å². The van der Waals surface area contributed by atoms with Gasteiger partial charge in [0.15, 0.2) is 5.17 Å². The molecule has 0 radical (unpaired) electrons. The monoisotopic (exact) mass is 331 g/mol. The number of rotatable bonds is 3. The Balaban J connectivity index is 1.66. The molecule has 0 spiro atoms. The topological polar surface area (TPSA) is 56.1 Å². The number of aliphatic hydroxyl groups excluding tert-OH is 1. The number of thioether (sulfide) groups is 1. The van der Waals surface area contributed by atoms with Crippen molar-refractivity contribution in [3.8, 4) is 0 Å². The summed E-state index contributed by atoms with van der Waals surface area (Å²) in [5, 5.41) is 9.80. The molecule has 2 aliphatic heterocycles. The smallest absolute Gasteiger partial charge is 0.286 e. The normalized spacial score (nSPS) is 21.1. The number of hydrogen-bond acceptors (Lipinski definition) is 5. The molecule has 0 aliphatic carbocycles. The highest BCUT2D eigenvalue weighted by molar-refractivity contribution is 8.18. The van der Waals surface area contributed by atoms with Crippen molar-refractivity contribution in [2.24, 2.45) is 4.99 Å². The summed E-state index contributed by atoms with van der Waals surface area (Å²) < 4.78 is 0. The van der Waals surface area contributed by atoms with Gasteiger partial charge in [0.1, 0.15) is 0 Å². The van der Waals surface area contributed by atoms with Crippen molar-refractivity contribution in [1.29, 1.82) is 0 Å². The lowest BCUT2D eigenvalue weighted by molar-refractivity contribution is -0.113. The third-order valence-electron chi connectivity index (χ3n) is 4.14. The summed E-state index contributed by atoms with van der Waals surface area (Å²) >= 11 is 1.46. The lowest BCUT2D eigenvalue weighted by Gasteiger charge is -2.34. The zero-order chi connectivity index (χ0) is 16.2. The highest BCUT2D eigenvalue weighted by atomic mass is 32.2. The summed E-state index contributed by atoms with van der Waals surface area (Å²) in [6.07, 6.45) is 1.93.